The second kappa shape index (κ2) is 9.23. The smallest absolute Gasteiger partial charge is 0.339 e. The second-order valence-electron chi connectivity index (χ2n) is 5.86. The summed E-state index contributed by atoms with van der Waals surface area (Å²) in [6, 6.07) is 9.17. The first kappa shape index (κ1) is 21.2. The minimum atomic E-state index is -1.06. The zero-order chi connectivity index (χ0) is 20.8. The van der Waals surface area contributed by atoms with Crippen LogP contribution in [-0.4, -0.2) is 38.0 Å². The van der Waals surface area contributed by atoms with Gasteiger partial charge in [0.15, 0.2) is 23.4 Å². The third kappa shape index (κ3) is 5.01. The minimum absolute atomic E-state index is 0.0752. The van der Waals surface area contributed by atoms with Crippen molar-refractivity contribution in [2.45, 2.75) is 20.0 Å². The van der Waals surface area contributed by atoms with E-state index in [1.165, 1.54) is 40.2 Å². The molecule has 1 atom stereocenters. The molecule has 2 rings (SSSR count). The molecule has 148 valence electrons. The maximum absolute atomic E-state index is 12.4. The van der Waals surface area contributed by atoms with E-state index in [0.717, 1.165) is 0 Å². The quantitative estimate of drug-likeness (QED) is 0.557. The highest BCUT2D eigenvalue weighted by atomic mass is 35.5. The number of nitrogens with one attached hydrogen (secondary N) is 1. The summed E-state index contributed by atoms with van der Waals surface area (Å²) in [5, 5.41) is 2.80. The summed E-state index contributed by atoms with van der Waals surface area (Å²) in [6.07, 6.45) is -1.06. The van der Waals surface area contributed by atoms with Crippen LogP contribution < -0.4 is 14.8 Å². The Morgan fingerprint density at radius 1 is 1.00 bits per heavy atom. The molecule has 7 nitrogen and oxygen atoms in total. The molecule has 0 bridgehead atoms. The normalized spacial score (nSPS) is 11.3. The summed E-state index contributed by atoms with van der Waals surface area (Å²) < 4.78 is 15.5. The fourth-order valence-electron chi connectivity index (χ4n) is 2.35. The number of methoxy groups -OCH3 is 2. The molecule has 0 fully saturated rings. The van der Waals surface area contributed by atoms with Gasteiger partial charge in [-0.25, -0.2) is 4.79 Å². The van der Waals surface area contributed by atoms with E-state index in [1.54, 1.807) is 24.3 Å². The Morgan fingerprint density at radius 3 is 2.18 bits per heavy atom. The third-order valence-corrected chi connectivity index (χ3v) is 4.16. The van der Waals surface area contributed by atoms with Crippen LogP contribution in [0.25, 0.3) is 0 Å². The van der Waals surface area contributed by atoms with Crippen LogP contribution in [0.3, 0.4) is 0 Å². The first-order chi connectivity index (χ1) is 13.3. The fraction of sp³-hybridized carbons (Fsp3) is 0.250. The van der Waals surface area contributed by atoms with Crippen molar-refractivity contribution in [3.05, 3.63) is 52.5 Å². The third-order valence-electron chi connectivity index (χ3n) is 3.88. The van der Waals surface area contributed by atoms with E-state index in [0.29, 0.717) is 17.0 Å². The van der Waals surface area contributed by atoms with E-state index in [4.69, 9.17) is 25.8 Å². The summed E-state index contributed by atoms with van der Waals surface area (Å²) >= 11 is 6.08. The molecule has 0 heterocycles. The second-order valence-corrected chi connectivity index (χ2v) is 6.27. The van der Waals surface area contributed by atoms with Gasteiger partial charge in [-0.3, -0.25) is 9.59 Å². The monoisotopic (exact) mass is 405 g/mol. The Labute approximate surface area is 167 Å². The number of carbonyl (C=O) groups is 3. The van der Waals surface area contributed by atoms with Crippen LogP contribution in [0.4, 0.5) is 5.69 Å². The number of amides is 1. The largest absolute Gasteiger partial charge is 0.493 e. The lowest BCUT2D eigenvalue weighted by atomic mass is 10.1. The lowest BCUT2D eigenvalue weighted by Crippen LogP contribution is -2.30. The molecule has 1 N–H and O–H groups in total. The van der Waals surface area contributed by atoms with Gasteiger partial charge in [0.25, 0.3) is 5.91 Å². The summed E-state index contributed by atoms with van der Waals surface area (Å²) in [4.78, 5) is 35.9. The molecule has 8 heteroatoms. The van der Waals surface area contributed by atoms with Crippen LogP contribution in [-0.2, 0) is 9.53 Å². The summed E-state index contributed by atoms with van der Waals surface area (Å²) in [6.45, 7) is 2.90. The van der Waals surface area contributed by atoms with Gasteiger partial charge in [-0.1, -0.05) is 11.6 Å². The number of Topliss-reactive ketones (excluding diaryl/α,β-unsaturated/α-hetero) is 1. The van der Waals surface area contributed by atoms with Gasteiger partial charge in [-0.05, 0) is 50.2 Å². The fourth-order valence-corrected chi connectivity index (χ4v) is 2.64. The van der Waals surface area contributed by atoms with E-state index in [-0.39, 0.29) is 22.1 Å². The van der Waals surface area contributed by atoms with Crippen LogP contribution in [0.1, 0.15) is 34.6 Å². The van der Waals surface area contributed by atoms with Crippen molar-refractivity contribution in [1.82, 2.24) is 0 Å². The highest BCUT2D eigenvalue weighted by Crippen LogP contribution is 2.36. The van der Waals surface area contributed by atoms with Gasteiger partial charge in [-0.15, -0.1) is 0 Å². The molecule has 0 aliphatic heterocycles. The number of rotatable bonds is 7. The molecular weight excluding hydrogens is 386 g/mol. The minimum Gasteiger partial charge on any atom is -0.493 e. The zero-order valence-corrected chi connectivity index (χ0v) is 16.6. The summed E-state index contributed by atoms with van der Waals surface area (Å²) in [5.74, 6) is -0.771. The van der Waals surface area contributed by atoms with Gasteiger partial charge in [0.2, 0.25) is 0 Å². The Bertz CT molecular complexity index is 894. The van der Waals surface area contributed by atoms with E-state index in [9.17, 15) is 14.4 Å². The van der Waals surface area contributed by atoms with Gasteiger partial charge >= 0.3 is 5.97 Å². The number of halogens is 1. The van der Waals surface area contributed by atoms with Crippen LogP contribution in [0.5, 0.6) is 11.5 Å². The molecule has 0 saturated heterocycles. The van der Waals surface area contributed by atoms with E-state index >= 15 is 0 Å². The Hall–Kier alpha value is -3.06. The molecule has 2 aromatic rings. The van der Waals surface area contributed by atoms with Crippen LogP contribution in [0.2, 0.25) is 5.02 Å². The van der Waals surface area contributed by atoms with Crippen molar-refractivity contribution in [2.24, 2.45) is 0 Å². The first-order valence-corrected chi connectivity index (χ1v) is 8.69. The lowest BCUT2D eigenvalue weighted by molar-refractivity contribution is -0.123. The molecule has 0 spiro atoms. The SMILES string of the molecule is COc1cc(C(=O)O[C@H](C)C(=O)Nc2ccc(C(C)=O)cc2)cc(Cl)c1OC. The molecule has 2 aromatic carbocycles. The van der Waals surface area contributed by atoms with Gasteiger partial charge in [0.05, 0.1) is 24.8 Å². The number of hydrogen-bond donors (Lipinski definition) is 1. The van der Waals surface area contributed by atoms with Gasteiger partial charge in [0.1, 0.15) is 0 Å². The average Bonchev–Trinajstić information content (AvgIpc) is 2.67. The number of ketones is 1. The first-order valence-electron chi connectivity index (χ1n) is 8.31. The average molecular weight is 406 g/mol. The number of hydrogen-bond acceptors (Lipinski definition) is 6. The topological polar surface area (TPSA) is 90.9 Å². The maximum Gasteiger partial charge on any atom is 0.339 e. The number of esters is 1. The molecule has 1 amide bonds. The molecular formula is C20H20ClNO6. The molecule has 0 aromatic heterocycles. The van der Waals surface area contributed by atoms with Crippen molar-refractivity contribution in [3.8, 4) is 11.5 Å². The standard InChI is InChI=1S/C20H20ClNO6/c1-11(23)13-5-7-15(8-6-13)22-19(24)12(2)28-20(25)14-9-16(21)18(27-4)17(10-14)26-3/h5-10,12H,1-4H3,(H,22,24)/t12-/m1/s1. The van der Waals surface area contributed by atoms with Crippen molar-refractivity contribution in [1.29, 1.82) is 0 Å². The van der Waals surface area contributed by atoms with E-state index < -0.39 is 18.0 Å². The van der Waals surface area contributed by atoms with Crippen molar-refractivity contribution >= 4 is 34.9 Å². The molecule has 0 aliphatic carbocycles. The Morgan fingerprint density at radius 2 is 1.64 bits per heavy atom. The molecule has 28 heavy (non-hydrogen) atoms. The van der Waals surface area contributed by atoms with Crippen LogP contribution in [0.15, 0.2) is 36.4 Å². The highest BCUT2D eigenvalue weighted by molar-refractivity contribution is 6.32. The maximum atomic E-state index is 12.4. The number of benzene rings is 2. The lowest BCUT2D eigenvalue weighted by Gasteiger charge is -2.15. The van der Waals surface area contributed by atoms with Crippen molar-refractivity contribution in [3.63, 3.8) is 0 Å². The van der Waals surface area contributed by atoms with Gasteiger partial charge in [-0.2, -0.15) is 0 Å². The number of ether oxygens (including phenoxy) is 3. The summed E-state index contributed by atoms with van der Waals surface area (Å²) in [5.41, 5.74) is 1.13. The zero-order valence-electron chi connectivity index (χ0n) is 15.9. The van der Waals surface area contributed by atoms with E-state index in [2.05, 4.69) is 5.32 Å². The molecule has 0 radical (unpaired) electrons. The van der Waals surface area contributed by atoms with Crippen molar-refractivity contribution in [2.75, 3.05) is 19.5 Å². The molecule has 0 unspecified atom stereocenters. The molecule has 0 saturated carbocycles. The van der Waals surface area contributed by atoms with E-state index in [1.807, 2.05) is 0 Å². The Balaban J connectivity index is 2.06. The number of carbonyl (C=O) groups excluding carboxylic acids is 3. The van der Waals surface area contributed by atoms with Gasteiger partial charge < -0.3 is 19.5 Å². The van der Waals surface area contributed by atoms with Crippen molar-refractivity contribution < 1.29 is 28.6 Å². The predicted molar refractivity (Wildman–Crippen MR) is 105 cm³/mol. The van der Waals surface area contributed by atoms with Crippen LogP contribution in [0, 0.1) is 0 Å². The molecule has 0 aliphatic rings. The van der Waals surface area contributed by atoms with Gasteiger partial charge in [0, 0.05) is 11.3 Å². The highest BCUT2D eigenvalue weighted by Gasteiger charge is 2.21. The predicted octanol–water partition coefficient (Wildman–Crippen LogP) is 3.74. The van der Waals surface area contributed by atoms with Crippen LogP contribution >= 0.6 is 11.6 Å². The summed E-state index contributed by atoms with van der Waals surface area (Å²) in [7, 11) is 2.84. The number of anilines is 1. The Kier molecular flexibility index (Phi) is 7.00.